The van der Waals surface area contributed by atoms with Crippen molar-refractivity contribution in [2.24, 2.45) is 5.92 Å². The molecule has 0 saturated heterocycles. The summed E-state index contributed by atoms with van der Waals surface area (Å²) in [7, 11) is 0. The summed E-state index contributed by atoms with van der Waals surface area (Å²) in [5.74, 6) is 1.32. The van der Waals surface area contributed by atoms with Crippen LogP contribution in [0, 0.1) is 12.8 Å². The Balaban J connectivity index is 2.19. The molecule has 0 spiro atoms. The minimum atomic E-state index is 0.518. The summed E-state index contributed by atoms with van der Waals surface area (Å²) in [5, 5.41) is 3.59. The van der Waals surface area contributed by atoms with Crippen molar-refractivity contribution >= 4 is 22.9 Å². The second kappa shape index (κ2) is 5.76. The maximum Gasteiger partial charge on any atom is 0.137 e. The molecular formula is C13H16ClN3S. The van der Waals surface area contributed by atoms with Crippen molar-refractivity contribution in [2.75, 3.05) is 0 Å². The highest BCUT2D eigenvalue weighted by atomic mass is 35.5. The number of hydrogen-bond donors (Lipinski definition) is 0. The van der Waals surface area contributed by atoms with Gasteiger partial charge in [0, 0.05) is 16.8 Å². The zero-order valence-electron chi connectivity index (χ0n) is 10.8. The van der Waals surface area contributed by atoms with Gasteiger partial charge in [-0.15, -0.1) is 11.3 Å². The first-order valence-electron chi connectivity index (χ1n) is 5.96. The lowest BCUT2D eigenvalue weighted by Gasteiger charge is -2.06. The molecule has 2 aromatic heterocycles. The molecule has 0 fully saturated rings. The van der Waals surface area contributed by atoms with E-state index in [-0.39, 0.29) is 0 Å². The molecule has 96 valence electrons. The van der Waals surface area contributed by atoms with Crippen LogP contribution in [0.5, 0.6) is 0 Å². The van der Waals surface area contributed by atoms with Crippen molar-refractivity contribution < 1.29 is 0 Å². The van der Waals surface area contributed by atoms with Gasteiger partial charge in [0.25, 0.3) is 0 Å². The fraction of sp³-hybridized carbons (Fsp3) is 0.462. The summed E-state index contributed by atoms with van der Waals surface area (Å²) in [5.41, 5.74) is 2.05. The highest BCUT2D eigenvalue weighted by Crippen LogP contribution is 2.16. The Morgan fingerprint density at radius 2 is 2.06 bits per heavy atom. The van der Waals surface area contributed by atoms with Gasteiger partial charge in [-0.1, -0.05) is 25.4 Å². The van der Waals surface area contributed by atoms with Crippen molar-refractivity contribution in [3.63, 3.8) is 0 Å². The second-order valence-electron chi connectivity index (χ2n) is 4.76. The van der Waals surface area contributed by atoms with Gasteiger partial charge in [0.15, 0.2) is 0 Å². The van der Waals surface area contributed by atoms with Crippen molar-refractivity contribution in [1.82, 2.24) is 15.0 Å². The van der Waals surface area contributed by atoms with Crippen LogP contribution in [0.25, 0.3) is 0 Å². The molecule has 18 heavy (non-hydrogen) atoms. The molecule has 0 saturated carbocycles. The molecular weight excluding hydrogens is 266 g/mol. The molecule has 0 atom stereocenters. The van der Waals surface area contributed by atoms with Gasteiger partial charge in [0.1, 0.15) is 16.0 Å². The van der Waals surface area contributed by atoms with Crippen LogP contribution >= 0.6 is 22.9 Å². The molecule has 0 amide bonds. The molecule has 5 heteroatoms. The first-order valence-corrected chi connectivity index (χ1v) is 7.22. The van der Waals surface area contributed by atoms with E-state index in [0.29, 0.717) is 17.5 Å². The van der Waals surface area contributed by atoms with Crippen LogP contribution in [-0.2, 0) is 12.8 Å². The smallest absolute Gasteiger partial charge is 0.137 e. The van der Waals surface area contributed by atoms with Gasteiger partial charge in [-0.25, -0.2) is 15.0 Å². The van der Waals surface area contributed by atoms with Crippen LogP contribution in [0.2, 0.25) is 5.15 Å². The van der Waals surface area contributed by atoms with Crippen molar-refractivity contribution in [3.05, 3.63) is 38.8 Å². The summed E-state index contributed by atoms with van der Waals surface area (Å²) >= 11 is 7.67. The van der Waals surface area contributed by atoms with E-state index in [1.54, 1.807) is 11.3 Å². The standard InChI is InChI=1S/C13H16ClN3S/c1-8(2)4-10-5-11(14)17-12(16-10)6-13-15-9(3)7-18-13/h5,7-8H,4,6H2,1-3H3. The molecule has 0 aliphatic rings. The molecule has 0 radical (unpaired) electrons. The normalized spacial score (nSPS) is 11.2. The van der Waals surface area contributed by atoms with E-state index in [1.807, 2.05) is 18.4 Å². The number of halogens is 1. The van der Waals surface area contributed by atoms with Gasteiger partial charge in [-0.05, 0) is 25.3 Å². The topological polar surface area (TPSA) is 38.7 Å². The van der Waals surface area contributed by atoms with E-state index in [0.717, 1.165) is 28.6 Å². The average Bonchev–Trinajstić information content (AvgIpc) is 2.61. The van der Waals surface area contributed by atoms with Crippen LogP contribution in [0.1, 0.15) is 36.1 Å². The summed E-state index contributed by atoms with van der Waals surface area (Å²) in [6.45, 7) is 6.32. The van der Waals surface area contributed by atoms with Gasteiger partial charge < -0.3 is 0 Å². The lowest BCUT2D eigenvalue weighted by molar-refractivity contribution is 0.631. The largest absolute Gasteiger partial charge is 0.246 e. The number of hydrogen-bond acceptors (Lipinski definition) is 4. The van der Waals surface area contributed by atoms with E-state index in [1.165, 1.54) is 0 Å². The number of rotatable bonds is 4. The summed E-state index contributed by atoms with van der Waals surface area (Å²) < 4.78 is 0. The SMILES string of the molecule is Cc1csc(Cc2nc(Cl)cc(CC(C)C)n2)n1. The lowest BCUT2D eigenvalue weighted by Crippen LogP contribution is -2.03. The van der Waals surface area contributed by atoms with Crippen molar-refractivity contribution in [3.8, 4) is 0 Å². The van der Waals surface area contributed by atoms with Gasteiger partial charge >= 0.3 is 0 Å². The quantitative estimate of drug-likeness (QED) is 0.803. The van der Waals surface area contributed by atoms with Crippen LogP contribution in [0.15, 0.2) is 11.4 Å². The average molecular weight is 282 g/mol. The predicted octanol–water partition coefficient (Wildman–Crippen LogP) is 3.68. The molecule has 0 N–H and O–H groups in total. The molecule has 2 aromatic rings. The molecule has 0 bridgehead atoms. The molecule has 3 nitrogen and oxygen atoms in total. The van der Waals surface area contributed by atoms with Gasteiger partial charge in [0.2, 0.25) is 0 Å². The van der Waals surface area contributed by atoms with Crippen LogP contribution in [0.4, 0.5) is 0 Å². The third kappa shape index (κ3) is 3.75. The third-order valence-corrected chi connectivity index (χ3v) is 3.55. The maximum atomic E-state index is 6.04. The highest BCUT2D eigenvalue weighted by molar-refractivity contribution is 7.09. The van der Waals surface area contributed by atoms with Crippen molar-refractivity contribution in [1.29, 1.82) is 0 Å². The molecule has 0 unspecified atom stereocenters. The zero-order chi connectivity index (χ0) is 13.1. The van der Waals surface area contributed by atoms with E-state index < -0.39 is 0 Å². The van der Waals surface area contributed by atoms with Gasteiger partial charge in [-0.2, -0.15) is 0 Å². The summed E-state index contributed by atoms with van der Waals surface area (Å²) in [6, 6.07) is 1.85. The van der Waals surface area contributed by atoms with Gasteiger partial charge in [-0.3, -0.25) is 0 Å². The Labute approximate surface area is 116 Å². The molecule has 0 aliphatic carbocycles. The number of nitrogens with zero attached hydrogens (tertiary/aromatic N) is 3. The second-order valence-corrected chi connectivity index (χ2v) is 6.09. The van der Waals surface area contributed by atoms with Crippen molar-refractivity contribution in [2.45, 2.75) is 33.6 Å². The molecule has 0 aliphatic heterocycles. The number of thiazole rings is 1. The van der Waals surface area contributed by atoms with Crippen LogP contribution < -0.4 is 0 Å². The third-order valence-electron chi connectivity index (χ3n) is 2.39. The van der Waals surface area contributed by atoms with Crippen LogP contribution in [-0.4, -0.2) is 15.0 Å². The molecule has 2 heterocycles. The first-order chi connectivity index (χ1) is 8.52. The van der Waals surface area contributed by atoms with E-state index in [2.05, 4.69) is 28.8 Å². The highest BCUT2D eigenvalue weighted by Gasteiger charge is 2.08. The lowest BCUT2D eigenvalue weighted by atomic mass is 10.1. The molecule has 0 aromatic carbocycles. The van der Waals surface area contributed by atoms with Gasteiger partial charge in [0.05, 0.1) is 6.42 Å². The number of aryl methyl sites for hydroxylation is 1. The molecule has 2 rings (SSSR count). The Morgan fingerprint density at radius 1 is 1.28 bits per heavy atom. The van der Waals surface area contributed by atoms with E-state index in [4.69, 9.17) is 11.6 Å². The van der Waals surface area contributed by atoms with E-state index >= 15 is 0 Å². The fourth-order valence-corrected chi connectivity index (χ4v) is 2.73. The first kappa shape index (κ1) is 13.4. The Morgan fingerprint density at radius 3 is 2.67 bits per heavy atom. The summed E-state index contributed by atoms with van der Waals surface area (Å²) in [4.78, 5) is 13.2. The Kier molecular flexibility index (Phi) is 4.30. The number of aromatic nitrogens is 3. The van der Waals surface area contributed by atoms with E-state index in [9.17, 15) is 0 Å². The Bertz CT molecular complexity index is 537. The maximum absolute atomic E-state index is 6.04. The zero-order valence-corrected chi connectivity index (χ0v) is 12.3. The summed E-state index contributed by atoms with van der Waals surface area (Å²) in [6.07, 6.45) is 1.58. The minimum absolute atomic E-state index is 0.518. The van der Waals surface area contributed by atoms with Crippen LogP contribution in [0.3, 0.4) is 0 Å². The monoisotopic (exact) mass is 281 g/mol. The minimum Gasteiger partial charge on any atom is -0.246 e. The predicted molar refractivity (Wildman–Crippen MR) is 75.2 cm³/mol. The Hall–Kier alpha value is -1.00. The fourth-order valence-electron chi connectivity index (χ4n) is 1.74.